The SMILES string of the molecule is CCNC(CCc1ccnn1C)CC(C)C(C)(C)C. The topological polar surface area (TPSA) is 29.9 Å². The molecule has 0 amide bonds. The fourth-order valence-electron chi connectivity index (χ4n) is 2.34. The number of aryl methyl sites for hydroxylation is 2. The molecule has 1 N–H and O–H groups in total. The summed E-state index contributed by atoms with van der Waals surface area (Å²) in [5.41, 5.74) is 1.71. The predicted molar refractivity (Wildman–Crippen MR) is 82.2 cm³/mol. The minimum absolute atomic E-state index is 0.389. The van der Waals surface area contributed by atoms with E-state index in [1.807, 2.05) is 17.9 Å². The van der Waals surface area contributed by atoms with Crippen LogP contribution in [-0.2, 0) is 13.5 Å². The van der Waals surface area contributed by atoms with Crippen molar-refractivity contribution in [2.24, 2.45) is 18.4 Å². The van der Waals surface area contributed by atoms with E-state index in [-0.39, 0.29) is 0 Å². The molecule has 1 heterocycles. The Bertz CT molecular complexity index is 362. The van der Waals surface area contributed by atoms with Crippen molar-refractivity contribution in [1.82, 2.24) is 15.1 Å². The van der Waals surface area contributed by atoms with Gasteiger partial charge in [-0.1, -0.05) is 34.6 Å². The molecular weight excluding hydrogens is 234 g/mol. The van der Waals surface area contributed by atoms with Crippen molar-refractivity contribution in [2.75, 3.05) is 6.54 Å². The Morgan fingerprint density at radius 1 is 1.37 bits per heavy atom. The maximum atomic E-state index is 4.24. The Morgan fingerprint density at radius 3 is 2.53 bits per heavy atom. The van der Waals surface area contributed by atoms with Crippen molar-refractivity contribution in [3.8, 4) is 0 Å². The van der Waals surface area contributed by atoms with E-state index in [0.29, 0.717) is 11.5 Å². The first kappa shape index (κ1) is 16.2. The summed E-state index contributed by atoms with van der Waals surface area (Å²) >= 11 is 0. The number of hydrogen-bond donors (Lipinski definition) is 1. The zero-order chi connectivity index (χ0) is 14.5. The largest absolute Gasteiger partial charge is 0.314 e. The molecule has 0 aliphatic carbocycles. The Kier molecular flexibility index (Phi) is 6.05. The van der Waals surface area contributed by atoms with Crippen molar-refractivity contribution in [3.05, 3.63) is 18.0 Å². The highest BCUT2D eigenvalue weighted by molar-refractivity contribution is 5.00. The fourth-order valence-corrected chi connectivity index (χ4v) is 2.34. The third kappa shape index (κ3) is 5.35. The molecule has 0 aliphatic heterocycles. The zero-order valence-corrected chi connectivity index (χ0v) is 13.5. The average molecular weight is 265 g/mol. The van der Waals surface area contributed by atoms with E-state index in [1.165, 1.54) is 18.5 Å². The van der Waals surface area contributed by atoms with E-state index in [2.05, 4.69) is 51.1 Å². The van der Waals surface area contributed by atoms with Gasteiger partial charge < -0.3 is 5.32 Å². The molecule has 0 aromatic carbocycles. The second-order valence-corrected chi connectivity index (χ2v) is 6.74. The molecule has 0 fully saturated rings. The summed E-state index contributed by atoms with van der Waals surface area (Å²) in [6.45, 7) is 12.6. The lowest BCUT2D eigenvalue weighted by Gasteiger charge is -2.31. The Labute approximate surface area is 118 Å². The second kappa shape index (κ2) is 7.09. The molecule has 0 aliphatic rings. The Hall–Kier alpha value is -0.830. The molecule has 3 heteroatoms. The van der Waals surface area contributed by atoms with Gasteiger partial charge in [0.05, 0.1) is 0 Å². The number of nitrogens with zero attached hydrogens (tertiary/aromatic N) is 2. The molecule has 0 saturated carbocycles. The van der Waals surface area contributed by atoms with E-state index >= 15 is 0 Å². The molecule has 3 nitrogen and oxygen atoms in total. The molecule has 110 valence electrons. The van der Waals surface area contributed by atoms with Gasteiger partial charge in [0.2, 0.25) is 0 Å². The fraction of sp³-hybridized carbons (Fsp3) is 0.812. The van der Waals surface area contributed by atoms with Gasteiger partial charge in [-0.05, 0) is 43.2 Å². The quantitative estimate of drug-likeness (QED) is 0.819. The highest BCUT2D eigenvalue weighted by atomic mass is 15.2. The number of nitrogens with one attached hydrogen (secondary N) is 1. The van der Waals surface area contributed by atoms with Crippen LogP contribution in [0.15, 0.2) is 12.3 Å². The van der Waals surface area contributed by atoms with E-state index < -0.39 is 0 Å². The smallest absolute Gasteiger partial charge is 0.0492 e. The van der Waals surface area contributed by atoms with Gasteiger partial charge in [-0.2, -0.15) is 5.10 Å². The van der Waals surface area contributed by atoms with E-state index in [4.69, 9.17) is 0 Å². The summed E-state index contributed by atoms with van der Waals surface area (Å²) in [7, 11) is 2.02. The van der Waals surface area contributed by atoms with Gasteiger partial charge in [0, 0.05) is 25.0 Å². The molecule has 1 aromatic rings. The monoisotopic (exact) mass is 265 g/mol. The Morgan fingerprint density at radius 2 is 2.05 bits per heavy atom. The second-order valence-electron chi connectivity index (χ2n) is 6.74. The van der Waals surface area contributed by atoms with E-state index in [1.54, 1.807) is 0 Å². The molecule has 19 heavy (non-hydrogen) atoms. The van der Waals surface area contributed by atoms with Crippen LogP contribution in [0.2, 0.25) is 0 Å². The van der Waals surface area contributed by atoms with Crippen molar-refractivity contribution < 1.29 is 0 Å². The molecule has 0 radical (unpaired) electrons. The van der Waals surface area contributed by atoms with Crippen molar-refractivity contribution in [1.29, 1.82) is 0 Å². The molecule has 0 spiro atoms. The standard InChI is InChI=1S/C16H31N3/c1-7-17-14(12-13(2)16(3,4)5)8-9-15-10-11-18-19(15)6/h10-11,13-14,17H,7-9,12H2,1-6H3. The van der Waals surface area contributed by atoms with Crippen LogP contribution in [0.3, 0.4) is 0 Å². The van der Waals surface area contributed by atoms with Crippen molar-refractivity contribution >= 4 is 0 Å². The van der Waals surface area contributed by atoms with Gasteiger partial charge in [-0.3, -0.25) is 4.68 Å². The first-order chi connectivity index (χ1) is 8.84. The summed E-state index contributed by atoms with van der Waals surface area (Å²) < 4.78 is 1.98. The molecule has 2 unspecified atom stereocenters. The zero-order valence-electron chi connectivity index (χ0n) is 13.5. The van der Waals surface area contributed by atoms with Gasteiger partial charge >= 0.3 is 0 Å². The highest BCUT2D eigenvalue weighted by Crippen LogP contribution is 2.29. The minimum Gasteiger partial charge on any atom is -0.314 e. The van der Waals surface area contributed by atoms with Crippen LogP contribution in [-0.4, -0.2) is 22.4 Å². The van der Waals surface area contributed by atoms with Crippen LogP contribution >= 0.6 is 0 Å². The summed E-state index contributed by atoms with van der Waals surface area (Å²) in [4.78, 5) is 0. The summed E-state index contributed by atoms with van der Waals surface area (Å²) in [6.07, 6.45) is 5.42. The summed E-state index contributed by atoms with van der Waals surface area (Å²) in [5, 5.41) is 7.87. The molecule has 0 saturated heterocycles. The van der Waals surface area contributed by atoms with Crippen LogP contribution in [0.1, 0.15) is 53.2 Å². The average Bonchev–Trinajstić information content (AvgIpc) is 2.70. The van der Waals surface area contributed by atoms with Gasteiger partial charge in [0.25, 0.3) is 0 Å². The minimum atomic E-state index is 0.389. The van der Waals surface area contributed by atoms with Gasteiger partial charge in [0.15, 0.2) is 0 Å². The maximum Gasteiger partial charge on any atom is 0.0492 e. The van der Waals surface area contributed by atoms with Gasteiger partial charge in [0.1, 0.15) is 0 Å². The normalized spacial score (nSPS) is 15.5. The Balaban J connectivity index is 2.51. The van der Waals surface area contributed by atoms with Crippen LogP contribution in [0.5, 0.6) is 0 Å². The van der Waals surface area contributed by atoms with Gasteiger partial charge in [-0.25, -0.2) is 0 Å². The lowest BCUT2D eigenvalue weighted by Crippen LogP contribution is -2.34. The van der Waals surface area contributed by atoms with Gasteiger partial charge in [-0.15, -0.1) is 0 Å². The first-order valence-corrected chi connectivity index (χ1v) is 7.54. The molecule has 1 rings (SSSR count). The van der Waals surface area contributed by atoms with Crippen LogP contribution in [0.25, 0.3) is 0 Å². The van der Waals surface area contributed by atoms with E-state index in [0.717, 1.165) is 18.9 Å². The number of aromatic nitrogens is 2. The molecule has 1 aromatic heterocycles. The number of hydrogen-bond acceptors (Lipinski definition) is 2. The summed E-state index contributed by atoms with van der Waals surface area (Å²) in [6, 6.07) is 2.73. The number of rotatable bonds is 7. The molecule has 0 bridgehead atoms. The predicted octanol–water partition coefficient (Wildman–Crippen LogP) is 3.40. The van der Waals surface area contributed by atoms with Crippen LogP contribution in [0, 0.1) is 11.3 Å². The van der Waals surface area contributed by atoms with Crippen molar-refractivity contribution in [3.63, 3.8) is 0 Å². The maximum absolute atomic E-state index is 4.24. The highest BCUT2D eigenvalue weighted by Gasteiger charge is 2.23. The van der Waals surface area contributed by atoms with E-state index in [9.17, 15) is 0 Å². The third-order valence-electron chi connectivity index (χ3n) is 4.28. The molecule has 2 atom stereocenters. The third-order valence-corrected chi connectivity index (χ3v) is 4.28. The van der Waals surface area contributed by atoms with Crippen LogP contribution < -0.4 is 5.32 Å². The van der Waals surface area contributed by atoms with Crippen LogP contribution in [0.4, 0.5) is 0 Å². The first-order valence-electron chi connectivity index (χ1n) is 7.54. The lowest BCUT2D eigenvalue weighted by atomic mass is 9.78. The summed E-state index contributed by atoms with van der Waals surface area (Å²) in [5.74, 6) is 0.725. The van der Waals surface area contributed by atoms with Crippen molar-refractivity contribution in [2.45, 2.75) is 59.9 Å². The lowest BCUT2D eigenvalue weighted by molar-refractivity contribution is 0.219. The molecular formula is C16H31N3.